The van der Waals surface area contributed by atoms with Gasteiger partial charge in [-0.2, -0.15) is 5.10 Å². The largest absolute Gasteiger partial charge is 0.340 e. The van der Waals surface area contributed by atoms with Gasteiger partial charge in [0.1, 0.15) is 6.54 Å². The van der Waals surface area contributed by atoms with Crippen LogP contribution in [-0.4, -0.2) is 38.2 Å². The van der Waals surface area contributed by atoms with E-state index in [0.29, 0.717) is 30.3 Å². The van der Waals surface area contributed by atoms with Crippen LogP contribution in [0.15, 0.2) is 23.0 Å². The first-order valence-electron chi connectivity index (χ1n) is 10.9. The van der Waals surface area contributed by atoms with Gasteiger partial charge in [-0.1, -0.05) is 19.9 Å². The summed E-state index contributed by atoms with van der Waals surface area (Å²) in [5, 5.41) is 4.75. The summed E-state index contributed by atoms with van der Waals surface area (Å²) in [4.78, 5) is 27.4. The highest BCUT2D eigenvalue weighted by Crippen LogP contribution is 2.70. The molecule has 2 aromatic rings. The predicted octanol–water partition coefficient (Wildman–Crippen LogP) is 2.29. The lowest BCUT2D eigenvalue weighted by Crippen LogP contribution is -2.49. The van der Waals surface area contributed by atoms with Crippen molar-refractivity contribution in [3.05, 3.63) is 51.2 Å². The van der Waals surface area contributed by atoms with Crippen molar-refractivity contribution in [3.8, 4) is 0 Å². The molecule has 4 heterocycles. The standard InChI is InChI=1S/C23H28N4O2/c1-13-21-18(8-16-22(21)23(16,2)3)27(24-13)12-20(29)25-9-14-7-15(11-25)17-5-4-6-19(28)26(17)10-14/h4-6,14-16,22H,7-12H2,1-3H3/t14-,15+,16-,22-/m0/s1. The van der Waals surface area contributed by atoms with Crippen LogP contribution in [0.1, 0.15) is 54.7 Å². The SMILES string of the molecule is Cc1nn(CC(=O)N2C[C@@H]3C[C@H](C2)c2cccc(=O)n2C3)c2c1[C@@H]1[C@H](C2)C1(C)C. The average molecular weight is 393 g/mol. The Morgan fingerprint density at radius 1 is 1.24 bits per heavy atom. The van der Waals surface area contributed by atoms with E-state index in [1.54, 1.807) is 6.07 Å². The van der Waals surface area contributed by atoms with Gasteiger partial charge in [0.05, 0.1) is 5.69 Å². The molecule has 2 bridgehead atoms. The van der Waals surface area contributed by atoms with Crippen LogP contribution in [0.2, 0.25) is 0 Å². The first-order valence-corrected chi connectivity index (χ1v) is 10.9. The van der Waals surface area contributed by atoms with Crippen LogP contribution in [0.5, 0.6) is 0 Å². The van der Waals surface area contributed by atoms with E-state index in [2.05, 4.69) is 20.8 Å². The quantitative estimate of drug-likeness (QED) is 0.788. The highest BCUT2D eigenvalue weighted by molar-refractivity contribution is 5.76. The molecule has 2 aromatic heterocycles. The van der Waals surface area contributed by atoms with E-state index in [0.717, 1.165) is 43.2 Å². The number of carbonyl (C=O) groups is 1. The Balaban J connectivity index is 1.23. The van der Waals surface area contributed by atoms with E-state index in [4.69, 9.17) is 5.10 Å². The summed E-state index contributed by atoms with van der Waals surface area (Å²) in [6, 6.07) is 5.53. The smallest absolute Gasteiger partial charge is 0.250 e. The van der Waals surface area contributed by atoms with Gasteiger partial charge in [-0.25, -0.2) is 0 Å². The molecular formula is C23H28N4O2. The van der Waals surface area contributed by atoms with E-state index >= 15 is 0 Å². The molecule has 2 fully saturated rings. The molecule has 0 N–H and O–H groups in total. The van der Waals surface area contributed by atoms with Gasteiger partial charge in [-0.05, 0) is 49.0 Å². The maximum atomic E-state index is 13.2. The maximum absolute atomic E-state index is 13.2. The molecule has 2 aliphatic carbocycles. The number of pyridine rings is 1. The maximum Gasteiger partial charge on any atom is 0.250 e. The summed E-state index contributed by atoms with van der Waals surface area (Å²) in [6.45, 7) is 9.32. The number of carbonyl (C=O) groups excluding carboxylic acids is 1. The molecule has 0 aromatic carbocycles. The van der Waals surface area contributed by atoms with E-state index in [1.807, 2.05) is 26.3 Å². The Morgan fingerprint density at radius 2 is 2.07 bits per heavy atom. The molecule has 6 nitrogen and oxygen atoms in total. The molecule has 2 aliphatic heterocycles. The molecule has 0 unspecified atom stereocenters. The van der Waals surface area contributed by atoms with Crippen molar-refractivity contribution in [1.29, 1.82) is 0 Å². The molecule has 0 spiro atoms. The average Bonchev–Trinajstić information content (AvgIpc) is 3.00. The Bertz CT molecular complexity index is 1090. The van der Waals surface area contributed by atoms with Crippen molar-refractivity contribution in [3.63, 3.8) is 0 Å². The summed E-state index contributed by atoms with van der Waals surface area (Å²) in [7, 11) is 0. The third-order valence-corrected chi connectivity index (χ3v) is 8.18. The summed E-state index contributed by atoms with van der Waals surface area (Å²) in [5.74, 6) is 2.14. The van der Waals surface area contributed by atoms with Gasteiger partial charge in [-0.3, -0.25) is 14.3 Å². The zero-order valence-electron chi connectivity index (χ0n) is 17.4. The van der Waals surface area contributed by atoms with Gasteiger partial charge >= 0.3 is 0 Å². The Hall–Kier alpha value is -2.37. The molecule has 1 saturated heterocycles. The highest BCUT2D eigenvalue weighted by Gasteiger charge is 2.63. The molecule has 6 rings (SSSR count). The number of rotatable bonds is 2. The first kappa shape index (κ1) is 17.5. The molecule has 4 aliphatic rings. The number of aromatic nitrogens is 3. The lowest BCUT2D eigenvalue weighted by molar-refractivity contribution is -0.134. The second kappa shape index (κ2) is 5.61. The third kappa shape index (κ3) is 2.37. The van der Waals surface area contributed by atoms with Crippen molar-refractivity contribution in [1.82, 2.24) is 19.2 Å². The van der Waals surface area contributed by atoms with Crippen molar-refractivity contribution in [2.75, 3.05) is 13.1 Å². The van der Waals surface area contributed by atoms with E-state index < -0.39 is 0 Å². The van der Waals surface area contributed by atoms with Crippen LogP contribution in [-0.2, 0) is 24.3 Å². The fourth-order valence-electron chi connectivity index (χ4n) is 6.63. The topological polar surface area (TPSA) is 60.1 Å². The van der Waals surface area contributed by atoms with E-state index in [9.17, 15) is 9.59 Å². The predicted molar refractivity (Wildman–Crippen MR) is 109 cm³/mol. The first-order chi connectivity index (χ1) is 13.8. The van der Waals surface area contributed by atoms with Crippen LogP contribution in [0.4, 0.5) is 0 Å². The Kier molecular flexibility index (Phi) is 3.38. The lowest BCUT2D eigenvalue weighted by Gasteiger charge is -2.42. The molecule has 152 valence electrons. The van der Waals surface area contributed by atoms with Gasteiger partial charge in [0.2, 0.25) is 5.91 Å². The number of nitrogens with zero attached hydrogens (tertiary/aromatic N) is 4. The number of hydrogen-bond acceptors (Lipinski definition) is 3. The summed E-state index contributed by atoms with van der Waals surface area (Å²) in [5.41, 5.74) is 5.38. The van der Waals surface area contributed by atoms with Gasteiger partial charge in [0, 0.05) is 48.6 Å². The molecular weight excluding hydrogens is 364 g/mol. The van der Waals surface area contributed by atoms with Gasteiger partial charge in [0.25, 0.3) is 5.56 Å². The fourth-order valence-corrected chi connectivity index (χ4v) is 6.63. The van der Waals surface area contributed by atoms with Crippen molar-refractivity contribution < 1.29 is 4.79 Å². The van der Waals surface area contributed by atoms with Crippen LogP contribution in [0.25, 0.3) is 0 Å². The summed E-state index contributed by atoms with van der Waals surface area (Å²) >= 11 is 0. The van der Waals surface area contributed by atoms with E-state index in [-0.39, 0.29) is 17.4 Å². The second-order valence-electron chi connectivity index (χ2n) is 10.2. The fraction of sp³-hybridized carbons (Fsp3) is 0.609. The number of fused-ring (bicyclic) bond motifs is 7. The number of hydrogen-bond donors (Lipinski definition) is 0. The minimum absolute atomic E-state index is 0.0843. The minimum Gasteiger partial charge on any atom is -0.340 e. The molecule has 1 amide bonds. The molecule has 6 heteroatoms. The number of piperidine rings is 1. The number of amides is 1. The van der Waals surface area contributed by atoms with Crippen molar-refractivity contribution >= 4 is 5.91 Å². The third-order valence-electron chi connectivity index (χ3n) is 8.18. The molecule has 1 saturated carbocycles. The second-order valence-corrected chi connectivity index (χ2v) is 10.2. The summed E-state index contributed by atoms with van der Waals surface area (Å²) in [6.07, 6.45) is 2.13. The van der Waals surface area contributed by atoms with Gasteiger partial charge < -0.3 is 9.47 Å². The van der Waals surface area contributed by atoms with Crippen LogP contribution >= 0.6 is 0 Å². The van der Waals surface area contributed by atoms with Gasteiger partial charge in [-0.15, -0.1) is 0 Å². The monoisotopic (exact) mass is 392 g/mol. The van der Waals surface area contributed by atoms with Gasteiger partial charge in [0.15, 0.2) is 0 Å². The van der Waals surface area contributed by atoms with Crippen LogP contribution in [0.3, 0.4) is 0 Å². The highest BCUT2D eigenvalue weighted by atomic mass is 16.2. The lowest BCUT2D eigenvalue weighted by atomic mass is 9.83. The molecule has 29 heavy (non-hydrogen) atoms. The van der Waals surface area contributed by atoms with E-state index in [1.165, 1.54) is 11.3 Å². The number of aryl methyl sites for hydroxylation is 1. The Morgan fingerprint density at radius 3 is 2.90 bits per heavy atom. The zero-order chi connectivity index (χ0) is 20.1. The zero-order valence-corrected chi connectivity index (χ0v) is 17.4. The Labute approximate surface area is 170 Å². The number of likely N-dealkylation sites (tertiary alicyclic amines) is 1. The van der Waals surface area contributed by atoms with Crippen molar-refractivity contribution in [2.24, 2.45) is 17.3 Å². The molecule has 4 atom stereocenters. The summed E-state index contributed by atoms with van der Waals surface area (Å²) < 4.78 is 3.90. The minimum atomic E-state index is 0.0843. The normalized spacial score (nSPS) is 30.5. The van der Waals surface area contributed by atoms with Crippen LogP contribution in [0, 0.1) is 24.2 Å². The molecule has 0 radical (unpaired) electrons. The van der Waals surface area contributed by atoms with Crippen molar-refractivity contribution in [2.45, 2.75) is 58.5 Å². The van der Waals surface area contributed by atoms with Crippen LogP contribution < -0.4 is 5.56 Å².